The highest BCUT2D eigenvalue weighted by atomic mass is 19.1. The van der Waals surface area contributed by atoms with E-state index in [1.54, 1.807) is 0 Å². The van der Waals surface area contributed by atoms with Gasteiger partial charge in [-0.2, -0.15) is 0 Å². The molecule has 0 amide bonds. The Bertz CT molecular complexity index is 476. The fraction of sp³-hybridized carbons (Fsp3) is 0.182. The molecule has 3 nitrogen and oxygen atoms in total. The summed E-state index contributed by atoms with van der Waals surface area (Å²) < 4.78 is 32.0. The molecule has 0 aliphatic carbocycles. The molecule has 1 aromatic carbocycles. The van der Waals surface area contributed by atoms with E-state index in [2.05, 4.69) is 4.98 Å². The Kier molecular flexibility index (Phi) is 2.96. The second-order valence-corrected chi connectivity index (χ2v) is 3.25. The van der Waals surface area contributed by atoms with Gasteiger partial charge in [0.2, 0.25) is 0 Å². The van der Waals surface area contributed by atoms with Crippen molar-refractivity contribution in [2.45, 2.75) is 6.42 Å². The van der Waals surface area contributed by atoms with E-state index in [1.165, 1.54) is 24.4 Å². The number of hydrogen-bond donors (Lipinski definition) is 1. The summed E-state index contributed by atoms with van der Waals surface area (Å²) in [5.41, 5.74) is 5.12. The zero-order valence-electron chi connectivity index (χ0n) is 8.41. The maximum Gasteiger partial charge on any atom is 0.196 e. The number of aromatic nitrogens is 1. The van der Waals surface area contributed by atoms with Gasteiger partial charge in [-0.1, -0.05) is 6.07 Å². The molecule has 1 aromatic heterocycles. The Morgan fingerprint density at radius 2 is 1.94 bits per heavy atom. The Morgan fingerprint density at radius 3 is 2.56 bits per heavy atom. The van der Waals surface area contributed by atoms with Gasteiger partial charge in [0.1, 0.15) is 11.6 Å². The Hall–Kier alpha value is -1.75. The molecule has 2 N–H and O–H groups in total. The number of hydrogen-bond acceptors (Lipinski definition) is 3. The van der Waals surface area contributed by atoms with E-state index >= 15 is 0 Å². The van der Waals surface area contributed by atoms with Gasteiger partial charge < -0.3 is 10.2 Å². The normalized spacial score (nSPS) is 10.7. The Morgan fingerprint density at radius 1 is 1.25 bits per heavy atom. The van der Waals surface area contributed by atoms with Crippen molar-refractivity contribution in [1.82, 2.24) is 4.98 Å². The molecule has 2 aromatic rings. The third-order valence-corrected chi connectivity index (χ3v) is 2.12. The zero-order valence-corrected chi connectivity index (χ0v) is 8.41. The lowest BCUT2D eigenvalue weighted by Crippen LogP contribution is -2.02. The van der Waals surface area contributed by atoms with Crippen LogP contribution in [0.2, 0.25) is 0 Å². The average molecular weight is 224 g/mol. The molecule has 0 unspecified atom stereocenters. The summed E-state index contributed by atoms with van der Waals surface area (Å²) in [5, 5.41) is 0. The van der Waals surface area contributed by atoms with Gasteiger partial charge in [-0.3, -0.25) is 0 Å². The van der Waals surface area contributed by atoms with Crippen molar-refractivity contribution in [3.63, 3.8) is 0 Å². The average Bonchev–Trinajstić information content (AvgIpc) is 2.67. The van der Waals surface area contributed by atoms with Crippen molar-refractivity contribution in [2.75, 3.05) is 6.54 Å². The zero-order chi connectivity index (χ0) is 11.5. The first-order chi connectivity index (χ1) is 7.72. The molecule has 1 heterocycles. The number of halogens is 2. The topological polar surface area (TPSA) is 52.0 Å². The molecule has 0 aliphatic heterocycles. The highest BCUT2D eigenvalue weighted by molar-refractivity contribution is 5.58. The lowest BCUT2D eigenvalue weighted by molar-refractivity contribution is 0.497. The fourth-order valence-electron chi connectivity index (χ4n) is 1.40. The third-order valence-electron chi connectivity index (χ3n) is 2.12. The van der Waals surface area contributed by atoms with Crippen LogP contribution >= 0.6 is 0 Å². The molecule has 0 saturated heterocycles. The van der Waals surface area contributed by atoms with Crippen molar-refractivity contribution in [1.29, 1.82) is 0 Å². The van der Waals surface area contributed by atoms with Crippen LogP contribution in [0.3, 0.4) is 0 Å². The van der Waals surface area contributed by atoms with E-state index in [1.807, 2.05) is 0 Å². The van der Waals surface area contributed by atoms with Crippen LogP contribution in [0.1, 0.15) is 5.89 Å². The predicted octanol–water partition coefficient (Wildman–Crippen LogP) is 2.12. The fourth-order valence-corrected chi connectivity index (χ4v) is 1.40. The summed E-state index contributed by atoms with van der Waals surface area (Å²) in [6.07, 6.45) is 1.74. The van der Waals surface area contributed by atoms with Gasteiger partial charge in [0.25, 0.3) is 0 Å². The molecule has 16 heavy (non-hydrogen) atoms. The van der Waals surface area contributed by atoms with Crippen LogP contribution in [0.15, 0.2) is 28.8 Å². The summed E-state index contributed by atoms with van der Waals surface area (Å²) in [5.74, 6) is -0.884. The molecule has 0 radical (unpaired) electrons. The molecule has 2 rings (SSSR count). The highest BCUT2D eigenvalue weighted by Gasteiger charge is 2.15. The van der Waals surface area contributed by atoms with Crippen molar-refractivity contribution < 1.29 is 13.2 Å². The second-order valence-electron chi connectivity index (χ2n) is 3.25. The van der Waals surface area contributed by atoms with Gasteiger partial charge in [0.15, 0.2) is 11.7 Å². The lowest BCUT2D eigenvalue weighted by atomic mass is 10.1. The molecule has 0 saturated carbocycles. The van der Waals surface area contributed by atoms with Crippen LogP contribution in [-0.4, -0.2) is 11.5 Å². The monoisotopic (exact) mass is 224 g/mol. The lowest BCUT2D eigenvalue weighted by Gasteiger charge is -1.99. The van der Waals surface area contributed by atoms with Crippen molar-refractivity contribution in [3.8, 4) is 11.3 Å². The summed E-state index contributed by atoms with van der Waals surface area (Å²) in [7, 11) is 0. The summed E-state index contributed by atoms with van der Waals surface area (Å²) >= 11 is 0. The maximum atomic E-state index is 13.4. The van der Waals surface area contributed by atoms with E-state index in [0.29, 0.717) is 18.9 Å². The quantitative estimate of drug-likeness (QED) is 0.868. The largest absolute Gasteiger partial charge is 0.440 e. The van der Waals surface area contributed by atoms with Gasteiger partial charge in [0.05, 0.1) is 11.8 Å². The van der Waals surface area contributed by atoms with Gasteiger partial charge in [-0.25, -0.2) is 13.8 Å². The summed E-state index contributed by atoms with van der Waals surface area (Å²) in [6, 6.07) is 3.64. The smallest absolute Gasteiger partial charge is 0.196 e. The Balaban J connectivity index is 2.42. The van der Waals surface area contributed by atoms with Gasteiger partial charge in [0, 0.05) is 13.0 Å². The molecule has 84 valence electrons. The minimum absolute atomic E-state index is 0.0825. The number of rotatable bonds is 3. The first kappa shape index (κ1) is 10.8. The van der Waals surface area contributed by atoms with Crippen molar-refractivity contribution >= 4 is 0 Å². The van der Waals surface area contributed by atoms with E-state index in [4.69, 9.17) is 10.2 Å². The van der Waals surface area contributed by atoms with Crippen LogP contribution in [-0.2, 0) is 6.42 Å². The van der Waals surface area contributed by atoms with E-state index in [-0.39, 0.29) is 11.3 Å². The molecule has 0 atom stereocenters. The minimum Gasteiger partial charge on any atom is -0.440 e. The predicted molar refractivity (Wildman–Crippen MR) is 54.6 cm³/mol. The molecule has 0 fully saturated rings. The van der Waals surface area contributed by atoms with Crippen LogP contribution in [0.25, 0.3) is 11.3 Å². The van der Waals surface area contributed by atoms with Crippen molar-refractivity contribution in [2.24, 2.45) is 5.73 Å². The first-order valence-corrected chi connectivity index (χ1v) is 4.81. The van der Waals surface area contributed by atoms with E-state index in [0.717, 1.165) is 0 Å². The summed E-state index contributed by atoms with van der Waals surface area (Å²) in [6.45, 7) is 0.375. The van der Waals surface area contributed by atoms with Crippen LogP contribution < -0.4 is 5.73 Å². The summed E-state index contributed by atoms with van der Waals surface area (Å²) in [4.78, 5) is 3.88. The molecule has 5 heteroatoms. The molecule has 0 spiro atoms. The molecule has 0 bridgehead atoms. The SMILES string of the molecule is NCCc1ncc(-c2c(F)cccc2F)o1. The molecular weight excluding hydrogens is 214 g/mol. The maximum absolute atomic E-state index is 13.4. The van der Waals surface area contributed by atoms with E-state index < -0.39 is 11.6 Å². The van der Waals surface area contributed by atoms with Crippen LogP contribution in [0.4, 0.5) is 8.78 Å². The van der Waals surface area contributed by atoms with E-state index in [9.17, 15) is 8.78 Å². The number of nitrogens with two attached hydrogens (primary N) is 1. The molecular formula is C11H10F2N2O. The van der Waals surface area contributed by atoms with Crippen LogP contribution in [0.5, 0.6) is 0 Å². The highest BCUT2D eigenvalue weighted by Crippen LogP contribution is 2.26. The standard InChI is InChI=1S/C11H10F2N2O/c12-7-2-1-3-8(13)11(7)9-6-15-10(16-9)4-5-14/h1-3,6H,4-5,14H2. The minimum atomic E-state index is -0.671. The van der Waals surface area contributed by atoms with Gasteiger partial charge in [-0.15, -0.1) is 0 Å². The third kappa shape index (κ3) is 1.94. The second kappa shape index (κ2) is 4.40. The molecule has 0 aliphatic rings. The van der Waals surface area contributed by atoms with Gasteiger partial charge in [-0.05, 0) is 12.1 Å². The van der Waals surface area contributed by atoms with Crippen molar-refractivity contribution in [3.05, 3.63) is 41.9 Å². The first-order valence-electron chi connectivity index (χ1n) is 4.81. The number of nitrogens with zero attached hydrogens (tertiary/aromatic N) is 1. The Labute approximate surface area is 90.9 Å². The number of oxazole rings is 1. The van der Waals surface area contributed by atoms with Crippen LogP contribution in [0, 0.1) is 11.6 Å². The number of benzene rings is 1. The van der Waals surface area contributed by atoms with Gasteiger partial charge >= 0.3 is 0 Å².